The van der Waals surface area contributed by atoms with Gasteiger partial charge >= 0.3 is 0 Å². The normalized spacial score (nSPS) is 20.3. The van der Waals surface area contributed by atoms with Crippen LogP contribution in [0.15, 0.2) is 24.3 Å². The van der Waals surface area contributed by atoms with Crippen LogP contribution in [0, 0.1) is 20.8 Å². The average Bonchev–Trinajstić information content (AvgIpc) is 2.86. The van der Waals surface area contributed by atoms with Gasteiger partial charge < -0.3 is 19.3 Å². The van der Waals surface area contributed by atoms with Crippen LogP contribution in [-0.2, 0) is 6.42 Å². The monoisotopic (exact) mass is 479 g/mol. The van der Waals surface area contributed by atoms with Crippen molar-refractivity contribution in [1.29, 1.82) is 0 Å². The molecule has 1 saturated heterocycles. The summed E-state index contributed by atoms with van der Waals surface area (Å²) in [5.74, 6) is 2.19. The first kappa shape index (κ1) is 25.4. The third-order valence-corrected chi connectivity index (χ3v) is 8.01. The molecule has 2 aromatic rings. The van der Waals surface area contributed by atoms with Gasteiger partial charge in [0.25, 0.3) is 5.91 Å². The number of rotatable bonds is 6. The first-order chi connectivity index (χ1) is 16.6. The van der Waals surface area contributed by atoms with E-state index in [4.69, 9.17) is 9.47 Å². The maximum Gasteiger partial charge on any atom is 0.253 e. The highest BCUT2D eigenvalue weighted by Crippen LogP contribution is 2.44. The zero-order chi connectivity index (χ0) is 25.3. The highest BCUT2D eigenvalue weighted by Gasteiger charge is 2.35. The SMILES string of the molecule is COc1c(C)c(C)c2c(c1C)CCC(C)(CCN1CCN(C(=O)c3ccc(N(C)C)cc3)CC1)O2. The number of carbonyl (C=O) groups is 1. The lowest BCUT2D eigenvalue weighted by molar-refractivity contribution is 0.0338. The first-order valence-corrected chi connectivity index (χ1v) is 12.8. The van der Waals surface area contributed by atoms with E-state index in [9.17, 15) is 4.79 Å². The average molecular weight is 480 g/mol. The van der Waals surface area contributed by atoms with Gasteiger partial charge in [-0.2, -0.15) is 0 Å². The third kappa shape index (κ3) is 5.13. The molecule has 6 nitrogen and oxygen atoms in total. The van der Waals surface area contributed by atoms with Gasteiger partial charge in [-0.3, -0.25) is 9.69 Å². The van der Waals surface area contributed by atoms with Crippen molar-refractivity contribution >= 4 is 11.6 Å². The number of anilines is 1. The van der Waals surface area contributed by atoms with Crippen LogP contribution in [0.3, 0.4) is 0 Å². The van der Waals surface area contributed by atoms with Crippen LogP contribution in [0.5, 0.6) is 11.5 Å². The van der Waals surface area contributed by atoms with Gasteiger partial charge in [0.2, 0.25) is 0 Å². The lowest BCUT2D eigenvalue weighted by atomic mass is 9.85. The number of hydrogen-bond acceptors (Lipinski definition) is 5. The number of nitrogens with zero attached hydrogens (tertiary/aromatic N) is 3. The first-order valence-electron chi connectivity index (χ1n) is 12.8. The van der Waals surface area contributed by atoms with E-state index in [1.165, 1.54) is 22.3 Å². The molecule has 0 bridgehead atoms. The van der Waals surface area contributed by atoms with E-state index in [0.717, 1.165) is 74.7 Å². The summed E-state index contributed by atoms with van der Waals surface area (Å²) in [5, 5.41) is 0. The lowest BCUT2D eigenvalue weighted by Crippen LogP contribution is -2.50. The molecule has 190 valence electrons. The van der Waals surface area contributed by atoms with Gasteiger partial charge in [-0.05, 0) is 87.9 Å². The highest BCUT2D eigenvalue weighted by molar-refractivity contribution is 5.94. The molecule has 2 aliphatic heterocycles. The summed E-state index contributed by atoms with van der Waals surface area (Å²) >= 11 is 0. The lowest BCUT2D eigenvalue weighted by Gasteiger charge is -2.40. The molecule has 0 saturated carbocycles. The van der Waals surface area contributed by atoms with E-state index in [1.54, 1.807) is 7.11 Å². The Bertz CT molecular complexity index is 1070. The molecule has 0 spiro atoms. The van der Waals surface area contributed by atoms with Crippen LogP contribution in [0.1, 0.15) is 52.4 Å². The van der Waals surface area contributed by atoms with Crippen LogP contribution in [-0.4, -0.2) is 75.2 Å². The number of amides is 1. The van der Waals surface area contributed by atoms with Gasteiger partial charge in [-0.15, -0.1) is 0 Å². The summed E-state index contributed by atoms with van der Waals surface area (Å²) in [5.41, 5.74) is 6.57. The third-order valence-electron chi connectivity index (χ3n) is 8.01. The van der Waals surface area contributed by atoms with Gasteiger partial charge in [0.15, 0.2) is 0 Å². The fourth-order valence-electron chi connectivity index (χ4n) is 5.42. The van der Waals surface area contributed by atoms with Gasteiger partial charge in [0, 0.05) is 63.6 Å². The van der Waals surface area contributed by atoms with Gasteiger partial charge in [0.05, 0.1) is 7.11 Å². The van der Waals surface area contributed by atoms with Crippen molar-refractivity contribution in [3.05, 3.63) is 52.1 Å². The Morgan fingerprint density at radius 1 is 1.03 bits per heavy atom. The summed E-state index contributed by atoms with van der Waals surface area (Å²) in [6, 6.07) is 7.88. The molecular formula is C29H41N3O3. The topological polar surface area (TPSA) is 45.2 Å². The molecular weight excluding hydrogens is 438 g/mol. The van der Waals surface area contributed by atoms with Gasteiger partial charge in [-0.25, -0.2) is 0 Å². The second-order valence-corrected chi connectivity index (χ2v) is 10.6. The van der Waals surface area contributed by atoms with E-state index in [0.29, 0.717) is 0 Å². The number of hydrogen-bond donors (Lipinski definition) is 0. The summed E-state index contributed by atoms with van der Waals surface area (Å²) in [6.45, 7) is 13.0. The number of carbonyl (C=O) groups excluding carboxylic acids is 1. The molecule has 1 fully saturated rings. The molecule has 0 radical (unpaired) electrons. The predicted molar refractivity (Wildman–Crippen MR) is 142 cm³/mol. The van der Waals surface area contributed by atoms with E-state index >= 15 is 0 Å². The quantitative estimate of drug-likeness (QED) is 0.605. The van der Waals surface area contributed by atoms with Gasteiger partial charge in [-0.1, -0.05) is 0 Å². The molecule has 2 heterocycles. The van der Waals surface area contributed by atoms with Crippen LogP contribution >= 0.6 is 0 Å². The minimum atomic E-state index is -0.174. The minimum Gasteiger partial charge on any atom is -0.496 e. The fourth-order valence-corrected chi connectivity index (χ4v) is 5.42. The maximum atomic E-state index is 13.0. The Balaban J connectivity index is 1.32. The van der Waals surface area contributed by atoms with Crippen molar-refractivity contribution in [3.8, 4) is 11.5 Å². The molecule has 1 amide bonds. The van der Waals surface area contributed by atoms with E-state index in [2.05, 4.69) is 32.6 Å². The molecule has 6 heteroatoms. The molecule has 0 aliphatic carbocycles. The molecule has 35 heavy (non-hydrogen) atoms. The molecule has 0 N–H and O–H groups in total. The number of methoxy groups -OCH3 is 1. The van der Waals surface area contributed by atoms with Crippen molar-refractivity contribution in [3.63, 3.8) is 0 Å². The van der Waals surface area contributed by atoms with Crippen LogP contribution in [0.25, 0.3) is 0 Å². The highest BCUT2D eigenvalue weighted by atomic mass is 16.5. The van der Waals surface area contributed by atoms with Crippen molar-refractivity contribution in [1.82, 2.24) is 9.80 Å². The largest absolute Gasteiger partial charge is 0.496 e. The number of fused-ring (bicyclic) bond motifs is 1. The fraction of sp³-hybridized carbons (Fsp3) is 0.552. The number of ether oxygens (including phenoxy) is 2. The van der Waals surface area contributed by atoms with E-state index in [1.807, 2.05) is 48.2 Å². The van der Waals surface area contributed by atoms with Crippen molar-refractivity contribution in [2.45, 2.75) is 52.6 Å². The van der Waals surface area contributed by atoms with Crippen LogP contribution < -0.4 is 14.4 Å². The Labute approximate surface area is 210 Å². The Kier molecular flexibility index (Phi) is 7.32. The Morgan fingerprint density at radius 3 is 2.29 bits per heavy atom. The van der Waals surface area contributed by atoms with Crippen LogP contribution in [0.2, 0.25) is 0 Å². The summed E-state index contributed by atoms with van der Waals surface area (Å²) in [7, 11) is 5.77. The molecule has 1 atom stereocenters. The molecule has 1 unspecified atom stereocenters. The van der Waals surface area contributed by atoms with Crippen molar-refractivity contribution in [2.24, 2.45) is 0 Å². The van der Waals surface area contributed by atoms with Crippen molar-refractivity contribution < 1.29 is 14.3 Å². The maximum absolute atomic E-state index is 13.0. The smallest absolute Gasteiger partial charge is 0.253 e. The summed E-state index contributed by atoms with van der Waals surface area (Å²) < 4.78 is 12.4. The minimum absolute atomic E-state index is 0.130. The standard InChI is InChI=1S/C29H41N3O3/c1-20-21(2)27-25(22(3)26(20)34-7)12-13-29(4,35-27)14-15-31-16-18-32(19-17-31)28(33)23-8-10-24(11-9-23)30(5)6/h8-11H,12-19H2,1-7H3. The number of piperazine rings is 1. The molecule has 0 aromatic heterocycles. The zero-order valence-electron chi connectivity index (χ0n) is 22.5. The summed E-state index contributed by atoms with van der Waals surface area (Å²) in [4.78, 5) is 19.5. The van der Waals surface area contributed by atoms with Crippen LogP contribution in [0.4, 0.5) is 5.69 Å². The Hall–Kier alpha value is -2.73. The van der Waals surface area contributed by atoms with Gasteiger partial charge in [0.1, 0.15) is 17.1 Å². The molecule has 2 aliphatic rings. The zero-order valence-corrected chi connectivity index (χ0v) is 22.5. The van der Waals surface area contributed by atoms with E-state index in [-0.39, 0.29) is 11.5 Å². The number of benzene rings is 2. The molecule has 2 aromatic carbocycles. The summed E-state index contributed by atoms with van der Waals surface area (Å²) in [6.07, 6.45) is 3.01. The van der Waals surface area contributed by atoms with Crippen molar-refractivity contribution in [2.75, 3.05) is 58.8 Å². The second kappa shape index (κ2) is 10.1. The van der Waals surface area contributed by atoms with E-state index < -0.39 is 0 Å². The molecule has 4 rings (SSSR count). The Morgan fingerprint density at radius 2 is 1.69 bits per heavy atom. The second-order valence-electron chi connectivity index (χ2n) is 10.6. The predicted octanol–water partition coefficient (Wildman–Crippen LogP) is 4.62.